The molecule has 1 saturated heterocycles. The molecular weight excluding hydrogens is 284 g/mol. The van der Waals surface area contributed by atoms with Gasteiger partial charge in [-0.2, -0.15) is 0 Å². The van der Waals surface area contributed by atoms with Gasteiger partial charge in [0.05, 0.1) is 11.3 Å². The smallest absolute Gasteiger partial charge is 0.307 e. The number of sulfonamides is 1. The molecule has 1 atom stereocenters. The van der Waals surface area contributed by atoms with E-state index in [9.17, 15) is 18.0 Å². The van der Waals surface area contributed by atoms with Crippen LogP contribution in [0.3, 0.4) is 0 Å². The number of hydrogen-bond acceptors (Lipinski definition) is 4. The van der Waals surface area contributed by atoms with Gasteiger partial charge in [-0.3, -0.25) is 9.59 Å². The third-order valence-electron chi connectivity index (χ3n) is 2.89. The van der Waals surface area contributed by atoms with Crippen LogP contribution in [-0.4, -0.2) is 38.0 Å². The number of carboxylic acids is 1. The average Bonchev–Trinajstić information content (AvgIpc) is 2.74. The number of carbonyl (C=O) groups is 2. The molecule has 0 bridgehead atoms. The van der Waals surface area contributed by atoms with E-state index in [1.807, 2.05) is 0 Å². The summed E-state index contributed by atoms with van der Waals surface area (Å²) in [7, 11) is -3.70. The van der Waals surface area contributed by atoms with Crippen molar-refractivity contribution >= 4 is 21.9 Å². The van der Waals surface area contributed by atoms with Crippen LogP contribution >= 0.6 is 0 Å². The SMILES string of the molecule is O=C(O)Cc1ccc(S(=O)(=O)NC2CNC(=O)C2)cc1. The number of nitrogens with one attached hydrogen (secondary N) is 2. The topological polar surface area (TPSA) is 113 Å². The summed E-state index contributed by atoms with van der Waals surface area (Å²) >= 11 is 0. The Hall–Kier alpha value is -1.93. The van der Waals surface area contributed by atoms with Crippen LogP contribution in [0.4, 0.5) is 0 Å². The molecule has 20 heavy (non-hydrogen) atoms. The zero-order valence-corrected chi connectivity index (χ0v) is 11.3. The molecule has 1 aromatic carbocycles. The van der Waals surface area contributed by atoms with Crippen LogP contribution in [-0.2, 0) is 26.0 Å². The van der Waals surface area contributed by atoms with Gasteiger partial charge in [-0.05, 0) is 17.7 Å². The summed E-state index contributed by atoms with van der Waals surface area (Å²) < 4.78 is 26.6. The standard InChI is InChI=1S/C12H14N2O5S/c15-11-6-9(7-13-11)14-20(18,19)10-3-1-8(2-4-10)5-12(16)17/h1-4,9,14H,5-7H2,(H,13,15)(H,16,17). The van der Waals surface area contributed by atoms with Crippen molar-refractivity contribution in [3.63, 3.8) is 0 Å². The lowest BCUT2D eigenvalue weighted by molar-refractivity contribution is -0.136. The maximum Gasteiger partial charge on any atom is 0.307 e. The van der Waals surface area contributed by atoms with Crippen LogP contribution in [0.5, 0.6) is 0 Å². The summed E-state index contributed by atoms with van der Waals surface area (Å²) in [6.45, 7) is 0.273. The molecule has 8 heteroatoms. The Kier molecular flexibility index (Phi) is 4.05. The van der Waals surface area contributed by atoms with Crippen molar-refractivity contribution in [1.29, 1.82) is 0 Å². The van der Waals surface area contributed by atoms with Crippen molar-refractivity contribution in [3.05, 3.63) is 29.8 Å². The fourth-order valence-electron chi connectivity index (χ4n) is 1.94. The maximum absolute atomic E-state index is 12.1. The van der Waals surface area contributed by atoms with E-state index in [4.69, 9.17) is 5.11 Å². The average molecular weight is 298 g/mol. The van der Waals surface area contributed by atoms with E-state index in [0.29, 0.717) is 5.56 Å². The van der Waals surface area contributed by atoms with Crippen molar-refractivity contribution in [2.75, 3.05) is 6.54 Å². The van der Waals surface area contributed by atoms with Gasteiger partial charge in [-0.15, -0.1) is 0 Å². The summed E-state index contributed by atoms with van der Waals surface area (Å²) in [4.78, 5) is 21.6. The van der Waals surface area contributed by atoms with Crippen molar-refractivity contribution in [3.8, 4) is 0 Å². The van der Waals surface area contributed by atoms with Gasteiger partial charge in [0.1, 0.15) is 0 Å². The molecule has 1 aliphatic rings. The van der Waals surface area contributed by atoms with Crippen LogP contribution in [0, 0.1) is 0 Å². The first kappa shape index (κ1) is 14.5. The van der Waals surface area contributed by atoms with E-state index in [1.54, 1.807) is 0 Å². The van der Waals surface area contributed by atoms with Gasteiger partial charge in [-0.25, -0.2) is 13.1 Å². The minimum absolute atomic E-state index is 0.0472. The van der Waals surface area contributed by atoms with Crippen LogP contribution in [0.2, 0.25) is 0 Å². The molecule has 2 rings (SSSR count). The molecule has 1 fully saturated rings. The second-order valence-corrected chi connectivity index (χ2v) is 6.25. The number of rotatable bonds is 5. The predicted octanol–water partition coefficient (Wildman–Crippen LogP) is -0.520. The van der Waals surface area contributed by atoms with Crippen LogP contribution in [0.25, 0.3) is 0 Å². The Morgan fingerprint density at radius 2 is 2.00 bits per heavy atom. The molecule has 1 aliphatic heterocycles. The fourth-order valence-corrected chi connectivity index (χ4v) is 3.17. The first-order valence-electron chi connectivity index (χ1n) is 5.96. The lowest BCUT2D eigenvalue weighted by Gasteiger charge is -2.11. The third-order valence-corrected chi connectivity index (χ3v) is 4.42. The maximum atomic E-state index is 12.1. The highest BCUT2D eigenvalue weighted by atomic mass is 32.2. The summed E-state index contributed by atoms with van der Waals surface area (Å²) in [6.07, 6.45) is -0.0366. The molecule has 0 spiro atoms. The summed E-state index contributed by atoms with van der Waals surface area (Å²) in [5, 5.41) is 11.2. The van der Waals surface area contributed by atoms with Crippen molar-refractivity contribution in [2.45, 2.75) is 23.8 Å². The third kappa shape index (κ3) is 3.55. The zero-order valence-electron chi connectivity index (χ0n) is 10.5. The summed E-state index contributed by atoms with van der Waals surface area (Å²) in [6, 6.07) is 5.17. The van der Waals surface area contributed by atoms with Gasteiger partial charge < -0.3 is 10.4 Å². The molecule has 1 amide bonds. The Balaban J connectivity index is 2.09. The number of carboxylic acid groups (broad SMARTS) is 1. The molecule has 0 saturated carbocycles. The molecule has 1 heterocycles. The normalized spacial score (nSPS) is 18.8. The van der Waals surface area contributed by atoms with Gasteiger partial charge in [0, 0.05) is 19.0 Å². The largest absolute Gasteiger partial charge is 0.481 e. The number of benzene rings is 1. The molecule has 0 aromatic heterocycles. The Morgan fingerprint density at radius 3 is 2.50 bits per heavy atom. The van der Waals surface area contributed by atoms with Crippen LogP contribution < -0.4 is 10.0 Å². The molecule has 108 valence electrons. The van der Waals surface area contributed by atoms with Crippen molar-refractivity contribution < 1.29 is 23.1 Å². The van der Waals surface area contributed by atoms with Gasteiger partial charge in [0.2, 0.25) is 15.9 Å². The highest BCUT2D eigenvalue weighted by molar-refractivity contribution is 7.89. The second-order valence-electron chi connectivity index (χ2n) is 4.54. The molecule has 0 radical (unpaired) electrons. The van der Waals surface area contributed by atoms with Gasteiger partial charge >= 0.3 is 5.97 Å². The Labute approximate surface area is 116 Å². The van der Waals surface area contributed by atoms with E-state index in [1.165, 1.54) is 24.3 Å². The number of hydrogen-bond donors (Lipinski definition) is 3. The Bertz CT molecular complexity index is 624. The van der Waals surface area contributed by atoms with Crippen molar-refractivity contribution in [2.24, 2.45) is 0 Å². The van der Waals surface area contributed by atoms with Crippen LogP contribution in [0.15, 0.2) is 29.2 Å². The molecule has 1 aromatic rings. The number of carbonyl (C=O) groups excluding carboxylic acids is 1. The first-order chi connectivity index (χ1) is 9.37. The quantitative estimate of drug-likeness (QED) is 0.677. The number of aliphatic carboxylic acids is 1. The van der Waals surface area contributed by atoms with E-state index < -0.39 is 22.0 Å². The van der Waals surface area contributed by atoms with E-state index in [2.05, 4.69) is 10.0 Å². The fraction of sp³-hybridized carbons (Fsp3) is 0.333. The second kappa shape index (κ2) is 5.59. The molecule has 0 aliphatic carbocycles. The molecular formula is C12H14N2O5S. The van der Waals surface area contributed by atoms with Gasteiger partial charge in [0.15, 0.2) is 0 Å². The Morgan fingerprint density at radius 1 is 1.35 bits per heavy atom. The van der Waals surface area contributed by atoms with Crippen LogP contribution in [0.1, 0.15) is 12.0 Å². The van der Waals surface area contributed by atoms with Gasteiger partial charge in [0.25, 0.3) is 0 Å². The lowest BCUT2D eigenvalue weighted by Crippen LogP contribution is -2.36. The van der Waals surface area contributed by atoms with E-state index >= 15 is 0 Å². The highest BCUT2D eigenvalue weighted by Gasteiger charge is 2.26. The lowest BCUT2D eigenvalue weighted by atomic mass is 10.2. The van der Waals surface area contributed by atoms with E-state index in [0.717, 1.165) is 0 Å². The van der Waals surface area contributed by atoms with Gasteiger partial charge in [-0.1, -0.05) is 12.1 Å². The molecule has 7 nitrogen and oxygen atoms in total. The monoisotopic (exact) mass is 298 g/mol. The summed E-state index contributed by atoms with van der Waals surface area (Å²) in [5.74, 6) is -1.16. The van der Waals surface area contributed by atoms with Crippen molar-refractivity contribution in [1.82, 2.24) is 10.0 Å². The summed E-state index contributed by atoms with van der Waals surface area (Å²) in [5.41, 5.74) is 0.522. The number of amides is 1. The predicted molar refractivity (Wildman–Crippen MR) is 69.5 cm³/mol. The highest BCUT2D eigenvalue weighted by Crippen LogP contribution is 2.13. The van der Waals surface area contributed by atoms with E-state index in [-0.39, 0.29) is 30.2 Å². The molecule has 1 unspecified atom stereocenters. The minimum Gasteiger partial charge on any atom is -0.481 e. The first-order valence-corrected chi connectivity index (χ1v) is 7.45. The molecule has 3 N–H and O–H groups in total. The zero-order chi connectivity index (χ0) is 14.8. The minimum atomic E-state index is -3.70.